The first-order valence-corrected chi connectivity index (χ1v) is 5.44. The van der Waals surface area contributed by atoms with Crippen LogP contribution in [-0.2, 0) is 9.53 Å². The van der Waals surface area contributed by atoms with Crippen molar-refractivity contribution in [2.45, 2.75) is 13.8 Å². The summed E-state index contributed by atoms with van der Waals surface area (Å²) < 4.78 is 9.69. The number of esters is 1. The number of carbonyl (C=O) groups is 2. The maximum atomic E-state index is 11.7. The topological polar surface area (TPSA) is 52.6 Å². The van der Waals surface area contributed by atoms with Crippen LogP contribution < -0.4 is 4.74 Å². The Morgan fingerprint density at radius 2 is 2.00 bits per heavy atom. The van der Waals surface area contributed by atoms with Gasteiger partial charge in [0.05, 0.1) is 18.7 Å². The second-order valence-electron chi connectivity index (χ2n) is 3.36. The molecule has 0 aliphatic carbocycles. The average molecular weight is 257 g/mol. The Labute approximate surface area is 104 Å². The van der Waals surface area contributed by atoms with E-state index in [4.69, 9.17) is 16.3 Å². The van der Waals surface area contributed by atoms with Gasteiger partial charge >= 0.3 is 5.97 Å². The van der Waals surface area contributed by atoms with Crippen LogP contribution in [-0.4, -0.2) is 25.5 Å². The summed E-state index contributed by atoms with van der Waals surface area (Å²) in [4.78, 5) is 22.9. The lowest BCUT2D eigenvalue weighted by Gasteiger charge is -2.09. The fourth-order valence-electron chi connectivity index (χ4n) is 1.43. The maximum absolute atomic E-state index is 11.7. The Bertz CT molecular complexity index is 431. The van der Waals surface area contributed by atoms with Crippen LogP contribution in [0.5, 0.6) is 5.75 Å². The largest absolute Gasteiger partial charge is 0.495 e. The molecule has 0 amide bonds. The van der Waals surface area contributed by atoms with Gasteiger partial charge < -0.3 is 9.47 Å². The molecule has 0 bridgehead atoms. The maximum Gasteiger partial charge on any atom is 0.379 e. The van der Waals surface area contributed by atoms with E-state index < -0.39 is 11.8 Å². The average Bonchev–Trinajstić information content (AvgIpc) is 2.27. The van der Waals surface area contributed by atoms with Crippen molar-refractivity contribution in [3.05, 3.63) is 28.3 Å². The number of halogens is 1. The van der Waals surface area contributed by atoms with Crippen LogP contribution in [0.2, 0.25) is 5.02 Å². The number of ketones is 1. The number of Topliss-reactive ketones (excluding diaryl/α,β-unsaturated/α-hetero) is 1. The van der Waals surface area contributed by atoms with Gasteiger partial charge in [0.2, 0.25) is 0 Å². The van der Waals surface area contributed by atoms with Crippen LogP contribution in [0.3, 0.4) is 0 Å². The molecule has 5 heteroatoms. The number of rotatable bonds is 4. The third kappa shape index (κ3) is 2.97. The predicted octanol–water partition coefficient (Wildman–Crippen LogP) is 2.40. The predicted molar refractivity (Wildman–Crippen MR) is 63.7 cm³/mol. The summed E-state index contributed by atoms with van der Waals surface area (Å²) >= 11 is 5.93. The Hall–Kier alpha value is -1.55. The summed E-state index contributed by atoms with van der Waals surface area (Å²) in [6, 6.07) is 2.94. The first kappa shape index (κ1) is 13.5. The van der Waals surface area contributed by atoms with E-state index in [9.17, 15) is 9.59 Å². The molecule has 0 unspecified atom stereocenters. The number of hydrogen-bond acceptors (Lipinski definition) is 4. The van der Waals surface area contributed by atoms with E-state index >= 15 is 0 Å². The molecule has 1 aromatic carbocycles. The van der Waals surface area contributed by atoms with E-state index in [1.54, 1.807) is 19.9 Å². The highest BCUT2D eigenvalue weighted by Crippen LogP contribution is 2.29. The van der Waals surface area contributed by atoms with E-state index in [-0.39, 0.29) is 12.2 Å². The van der Waals surface area contributed by atoms with Crippen molar-refractivity contribution in [2.75, 3.05) is 13.7 Å². The highest BCUT2D eigenvalue weighted by atomic mass is 35.5. The SMILES string of the molecule is CCOC(=O)C(=O)c1cc(C)c(OC)c(Cl)c1. The number of ether oxygens (including phenoxy) is 2. The van der Waals surface area contributed by atoms with Crippen molar-refractivity contribution in [1.82, 2.24) is 0 Å². The molecular weight excluding hydrogens is 244 g/mol. The minimum absolute atomic E-state index is 0.160. The van der Waals surface area contributed by atoms with E-state index in [2.05, 4.69) is 4.74 Å². The van der Waals surface area contributed by atoms with E-state index in [0.29, 0.717) is 16.3 Å². The van der Waals surface area contributed by atoms with Gasteiger partial charge in [0.25, 0.3) is 5.78 Å². The molecule has 0 radical (unpaired) electrons. The molecular formula is C12H13ClO4. The fourth-order valence-corrected chi connectivity index (χ4v) is 1.78. The van der Waals surface area contributed by atoms with E-state index in [1.165, 1.54) is 13.2 Å². The summed E-state index contributed by atoms with van der Waals surface area (Å²) in [5, 5.41) is 0.292. The normalized spacial score (nSPS) is 9.88. The minimum atomic E-state index is -0.881. The molecule has 0 fully saturated rings. The van der Waals surface area contributed by atoms with E-state index in [1.807, 2.05) is 0 Å². The lowest BCUT2D eigenvalue weighted by Crippen LogP contribution is -2.17. The van der Waals surface area contributed by atoms with Crippen molar-refractivity contribution >= 4 is 23.4 Å². The van der Waals surface area contributed by atoms with Gasteiger partial charge in [-0.1, -0.05) is 11.6 Å². The first-order chi connectivity index (χ1) is 8.01. The molecule has 0 aliphatic rings. The molecule has 0 saturated carbocycles. The zero-order valence-electron chi connectivity index (χ0n) is 9.87. The monoisotopic (exact) mass is 256 g/mol. The van der Waals surface area contributed by atoms with Crippen molar-refractivity contribution in [3.8, 4) is 5.75 Å². The second kappa shape index (κ2) is 5.68. The van der Waals surface area contributed by atoms with Crippen LogP contribution >= 0.6 is 11.6 Å². The zero-order valence-corrected chi connectivity index (χ0v) is 10.6. The highest BCUT2D eigenvalue weighted by molar-refractivity contribution is 6.41. The Balaban J connectivity index is 3.08. The third-order valence-electron chi connectivity index (χ3n) is 2.16. The van der Waals surface area contributed by atoms with Crippen molar-refractivity contribution in [3.63, 3.8) is 0 Å². The molecule has 4 nitrogen and oxygen atoms in total. The van der Waals surface area contributed by atoms with Crippen molar-refractivity contribution < 1.29 is 19.1 Å². The van der Waals surface area contributed by atoms with Gasteiger partial charge in [-0.05, 0) is 31.5 Å². The lowest BCUT2D eigenvalue weighted by molar-refractivity contribution is -0.137. The second-order valence-corrected chi connectivity index (χ2v) is 3.77. The summed E-state index contributed by atoms with van der Waals surface area (Å²) in [6.07, 6.45) is 0. The molecule has 0 heterocycles. The zero-order chi connectivity index (χ0) is 13.0. The molecule has 0 aromatic heterocycles. The van der Waals surface area contributed by atoms with Crippen LogP contribution in [0.25, 0.3) is 0 Å². The highest BCUT2D eigenvalue weighted by Gasteiger charge is 2.19. The van der Waals surface area contributed by atoms with Gasteiger partial charge in [-0.2, -0.15) is 0 Å². The Morgan fingerprint density at radius 3 is 2.47 bits per heavy atom. The summed E-state index contributed by atoms with van der Waals surface area (Å²) in [5.74, 6) is -1.10. The number of carbonyl (C=O) groups excluding carboxylic acids is 2. The Kier molecular flexibility index (Phi) is 4.52. The molecule has 1 aromatic rings. The van der Waals surface area contributed by atoms with Gasteiger partial charge in [-0.15, -0.1) is 0 Å². The van der Waals surface area contributed by atoms with E-state index in [0.717, 1.165) is 0 Å². The number of aryl methyl sites for hydroxylation is 1. The lowest BCUT2D eigenvalue weighted by atomic mass is 10.1. The summed E-state index contributed by atoms with van der Waals surface area (Å²) in [7, 11) is 1.49. The minimum Gasteiger partial charge on any atom is -0.495 e. The summed E-state index contributed by atoms with van der Waals surface area (Å²) in [5.41, 5.74) is 0.888. The van der Waals surface area contributed by atoms with Crippen molar-refractivity contribution in [2.24, 2.45) is 0 Å². The molecule has 0 spiro atoms. The third-order valence-corrected chi connectivity index (χ3v) is 2.44. The molecule has 17 heavy (non-hydrogen) atoms. The molecule has 0 atom stereocenters. The van der Waals surface area contributed by atoms with Gasteiger partial charge in [0.1, 0.15) is 5.75 Å². The van der Waals surface area contributed by atoms with Crippen LogP contribution in [0, 0.1) is 6.92 Å². The molecule has 0 N–H and O–H groups in total. The quantitative estimate of drug-likeness (QED) is 0.472. The number of methoxy groups -OCH3 is 1. The molecule has 92 valence electrons. The van der Waals surface area contributed by atoms with Gasteiger partial charge in [0, 0.05) is 5.56 Å². The fraction of sp³-hybridized carbons (Fsp3) is 0.333. The molecule has 0 saturated heterocycles. The van der Waals surface area contributed by atoms with Gasteiger partial charge in [0.15, 0.2) is 0 Å². The summed E-state index contributed by atoms with van der Waals surface area (Å²) in [6.45, 7) is 3.54. The molecule has 0 aliphatic heterocycles. The van der Waals surface area contributed by atoms with Crippen molar-refractivity contribution in [1.29, 1.82) is 0 Å². The molecule has 1 rings (SSSR count). The number of hydrogen-bond donors (Lipinski definition) is 0. The van der Waals surface area contributed by atoms with Gasteiger partial charge in [-0.25, -0.2) is 4.79 Å². The smallest absolute Gasteiger partial charge is 0.379 e. The van der Waals surface area contributed by atoms with Crippen LogP contribution in [0.1, 0.15) is 22.8 Å². The standard InChI is InChI=1S/C12H13ClO4/c1-4-17-12(15)10(14)8-5-7(2)11(16-3)9(13)6-8/h5-6H,4H2,1-3H3. The first-order valence-electron chi connectivity index (χ1n) is 5.06. The van der Waals surface area contributed by atoms with Crippen LogP contribution in [0.15, 0.2) is 12.1 Å². The number of benzene rings is 1. The van der Waals surface area contributed by atoms with Gasteiger partial charge in [-0.3, -0.25) is 4.79 Å². The van der Waals surface area contributed by atoms with Crippen LogP contribution in [0.4, 0.5) is 0 Å². The Morgan fingerprint density at radius 1 is 1.35 bits per heavy atom.